The van der Waals surface area contributed by atoms with Gasteiger partial charge in [0.05, 0.1) is 0 Å². The summed E-state index contributed by atoms with van der Waals surface area (Å²) in [6.45, 7) is 4.72. The summed E-state index contributed by atoms with van der Waals surface area (Å²) in [5.41, 5.74) is 5.87. The monoisotopic (exact) mass is 326 g/mol. The normalized spacial score (nSPS) is 24.4. The number of nitrogens with two attached hydrogens (primary N) is 1. The molecule has 1 fully saturated rings. The molecule has 0 aliphatic carbocycles. The first-order valence-corrected chi connectivity index (χ1v) is 7.84. The molecule has 0 saturated carbocycles. The predicted octanol–water partition coefficient (Wildman–Crippen LogP) is 3.03. The van der Waals surface area contributed by atoms with E-state index in [-0.39, 0.29) is 0 Å². The van der Waals surface area contributed by atoms with Crippen molar-refractivity contribution >= 4 is 15.9 Å². The summed E-state index contributed by atoms with van der Waals surface area (Å²) >= 11 is 3.45. The number of nitrogens with zero attached hydrogens (tertiary/aromatic N) is 1. The highest BCUT2D eigenvalue weighted by Crippen LogP contribution is 2.22. The Morgan fingerprint density at radius 2 is 2.26 bits per heavy atom. The Kier molecular flexibility index (Phi) is 5.67. The molecule has 19 heavy (non-hydrogen) atoms. The summed E-state index contributed by atoms with van der Waals surface area (Å²) in [6.07, 6.45) is 3.79. The van der Waals surface area contributed by atoms with Crippen molar-refractivity contribution in [3.63, 3.8) is 0 Å². The molecular formula is C15H23BrN2O. The Balaban J connectivity index is 1.83. The standard InChI is InChI=1S/C15H23BrN2O/c1-12-4-2-6-14(11-17)18(12)8-9-19-15-7-3-5-13(16)10-15/h3,5,7,10,12,14H,2,4,6,8-9,11,17H2,1H3. The molecule has 1 aromatic rings. The molecule has 4 heteroatoms. The zero-order chi connectivity index (χ0) is 13.7. The topological polar surface area (TPSA) is 38.5 Å². The van der Waals surface area contributed by atoms with Crippen molar-refractivity contribution in [1.29, 1.82) is 0 Å². The van der Waals surface area contributed by atoms with Crippen LogP contribution in [0.1, 0.15) is 26.2 Å². The summed E-state index contributed by atoms with van der Waals surface area (Å²) in [4.78, 5) is 2.50. The van der Waals surface area contributed by atoms with E-state index in [0.717, 1.165) is 29.9 Å². The molecule has 1 saturated heterocycles. The van der Waals surface area contributed by atoms with E-state index in [2.05, 4.69) is 27.8 Å². The molecule has 0 aromatic heterocycles. The highest BCUT2D eigenvalue weighted by Gasteiger charge is 2.26. The number of piperidine rings is 1. The van der Waals surface area contributed by atoms with Crippen molar-refractivity contribution in [2.24, 2.45) is 5.73 Å². The Labute approximate surface area is 124 Å². The molecule has 0 bridgehead atoms. The van der Waals surface area contributed by atoms with Gasteiger partial charge in [0, 0.05) is 29.6 Å². The highest BCUT2D eigenvalue weighted by molar-refractivity contribution is 9.10. The van der Waals surface area contributed by atoms with Crippen LogP contribution in [0.15, 0.2) is 28.7 Å². The molecule has 2 unspecified atom stereocenters. The summed E-state index contributed by atoms with van der Waals surface area (Å²) in [5, 5.41) is 0. The van der Waals surface area contributed by atoms with Gasteiger partial charge in [0.15, 0.2) is 0 Å². The number of hydrogen-bond acceptors (Lipinski definition) is 3. The van der Waals surface area contributed by atoms with Crippen molar-refractivity contribution in [1.82, 2.24) is 4.90 Å². The number of likely N-dealkylation sites (tertiary alicyclic amines) is 1. The third kappa shape index (κ3) is 4.20. The van der Waals surface area contributed by atoms with Crippen molar-refractivity contribution in [2.75, 3.05) is 19.7 Å². The number of rotatable bonds is 5. The zero-order valence-corrected chi connectivity index (χ0v) is 13.1. The van der Waals surface area contributed by atoms with Crippen LogP contribution in [0.25, 0.3) is 0 Å². The SMILES string of the molecule is CC1CCCC(CN)N1CCOc1cccc(Br)c1. The molecule has 2 atom stereocenters. The average Bonchev–Trinajstić information content (AvgIpc) is 2.40. The van der Waals surface area contributed by atoms with E-state index in [1.54, 1.807) is 0 Å². The molecule has 3 nitrogen and oxygen atoms in total. The first-order chi connectivity index (χ1) is 9.20. The van der Waals surface area contributed by atoms with Gasteiger partial charge in [-0.25, -0.2) is 0 Å². The smallest absolute Gasteiger partial charge is 0.120 e. The molecule has 2 N–H and O–H groups in total. The molecule has 0 radical (unpaired) electrons. The van der Waals surface area contributed by atoms with Gasteiger partial charge in [0.1, 0.15) is 12.4 Å². The van der Waals surface area contributed by atoms with Gasteiger partial charge in [0.2, 0.25) is 0 Å². The number of halogens is 1. The zero-order valence-electron chi connectivity index (χ0n) is 11.5. The van der Waals surface area contributed by atoms with Crippen LogP contribution in [-0.4, -0.2) is 36.7 Å². The lowest BCUT2D eigenvalue weighted by Gasteiger charge is -2.40. The maximum atomic E-state index is 5.87. The van der Waals surface area contributed by atoms with E-state index in [9.17, 15) is 0 Å². The van der Waals surface area contributed by atoms with Crippen molar-refractivity contribution < 1.29 is 4.74 Å². The van der Waals surface area contributed by atoms with E-state index in [0.29, 0.717) is 12.1 Å². The molecular weight excluding hydrogens is 304 g/mol. The van der Waals surface area contributed by atoms with Crippen LogP contribution in [-0.2, 0) is 0 Å². The van der Waals surface area contributed by atoms with Gasteiger partial charge in [-0.3, -0.25) is 4.90 Å². The fourth-order valence-corrected chi connectivity index (χ4v) is 3.20. The van der Waals surface area contributed by atoms with Crippen LogP contribution in [0.4, 0.5) is 0 Å². The van der Waals surface area contributed by atoms with Gasteiger partial charge in [-0.15, -0.1) is 0 Å². The van der Waals surface area contributed by atoms with Crippen LogP contribution in [0.5, 0.6) is 5.75 Å². The second-order valence-electron chi connectivity index (χ2n) is 5.21. The second kappa shape index (κ2) is 7.27. The van der Waals surface area contributed by atoms with Gasteiger partial charge in [-0.1, -0.05) is 28.4 Å². The summed E-state index contributed by atoms with van der Waals surface area (Å²) < 4.78 is 6.87. The summed E-state index contributed by atoms with van der Waals surface area (Å²) in [7, 11) is 0. The van der Waals surface area contributed by atoms with E-state index in [1.807, 2.05) is 24.3 Å². The third-order valence-electron chi connectivity index (χ3n) is 3.88. The minimum Gasteiger partial charge on any atom is -0.492 e. The Morgan fingerprint density at radius 1 is 1.42 bits per heavy atom. The van der Waals surface area contributed by atoms with Crippen LogP contribution >= 0.6 is 15.9 Å². The van der Waals surface area contributed by atoms with E-state index in [4.69, 9.17) is 10.5 Å². The third-order valence-corrected chi connectivity index (χ3v) is 4.37. The fraction of sp³-hybridized carbons (Fsp3) is 0.600. The van der Waals surface area contributed by atoms with Crippen molar-refractivity contribution in [3.8, 4) is 5.75 Å². The van der Waals surface area contributed by atoms with Gasteiger partial charge in [-0.2, -0.15) is 0 Å². The lowest BCUT2D eigenvalue weighted by atomic mass is 9.96. The molecule has 0 amide bonds. The lowest BCUT2D eigenvalue weighted by Crippen LogP contribution is -2.50. The molecule has 1 heterocycles. The van der Waals surface area contributed by atoms with Gasteiger partial charge >= 0.3 is 0 Å². The van der Waals surface area contributed by atoms with Crippen LogP contribution in [0, 0.1) is 0 Å². The van der Waals surface area contributed by atoms with Gasteiger partial charge < -0.3 is 10.5 Å². The predicted molar refractivity (Wildman–Crippen MR) is 82.5 cm³/mol. The maximum Gasteiger partial charge on any atom is 0.120 e. The van der Waals surface area contributed by atoms with Gasteiger partial charge in [-0.05, 0) is 38.0 Å². The number of ether oxygens (including phenoxy) is 1. The average molecular weight is 327 g/mol. The largest absolute Gasteiger partial charge is 0.492 e. The van der Waals surface area contributed by atoms with E-state index < -0.39 is 0 Å². The first kappa shape index (κ1) is 14.8. The molecule has 2 rings (SSSR count). The quantitative estimate of drug-likeness (QED) is 0.903. The van der Waals surface area contributed by atoms with Crippen molar-refractivity contribution in [3.05, 3.63) is 28.7 Å². The molecule has 1 aromatic carbocycles. The highest BCUT2D eigenvalue weighted by atomic mass is 79.9. The minimum absolute atomic E-state index is 0.523. The number of benzene rings is 1. The maximum absolute atomic E-state index is 5.87. The Morgan fingerprint density at radius 3 is 3.00 bits per heavy atom. The van der Waals surface area contributed by atoms with Crippen molar-refractivity contribution in [2.45, 2.75) is 38.3 Å². The Hall–Kier alpha value is -0.580. The summed E-state index contributed by atoms with van der Waals surface area (Å²) in [5.74, 6) is 0.920. The lowest BCUT2D eigenvalue weighted by molar-refractivity contribution is 0.0799. The van der Waals surface area contributed by atoms with Crippen LogP contribution < -0.4 is 10.5 Å². The fourth-order valence-electron chi connectivity index (χ4n) is 2.82. The van der Waals surface area contributed by atoms with Crippen LogP contribution in [0.2, 0.25) is 0 Å². The minimum atomic E-state index is 0.523. The van der Waals surface area contributed by atoms with E-state index in [1.165, 1.54) is 19.3 Å². The first-order valence-electron chi connectivity index (χ1n) is 7.05. The molecule has 1 aliphatic heterocycles. The Bertz CT molecular complexity index is 399. The molecule has 0 spiro atoms. The number of hydrogen-bond donors (Lipinski definition) is 1. The van der Waals surface area contributed by atoms with Crippen LogP contribution in [0.3, 0.4) is 0 Å². The van der Waals surface area contributed by atoms with E-state index >= 15 is 0 Å². The van der Waals surface area contributed by atoms with Gasteiger partial charge in [0.25, 0.3) is 0 Å². The summed E-state index contributed by atoms with van der Waals surface area (Å²) in [6, 6.07) is 9.13. The molecule has 1 aliphatic rings. The second-order valence-corrected chi connectivity index (χ2v) is 6.13. The molecule has 106 valence electrons.